The fourth-order valence-electron chi connectivity index (χ4n) is 3.23. The Labute approximate surface area is 115 Å². The Morgan fingerprint density at radius 2 is 2.16 bits per heavy atom. The van der Waals surface area contributed by atoms with Crippen molar-refractivity contribution in [3.05, 3.63) is 0 Å². The van der Waals surface area contributed by atoms with Gasteiger partial charge in [-0.25, -0.2) is 0 Å². The molecule has 19 heavy (non-hydrogen) atoms. The number of ether oxygens (including phenoxy) is 1. The number of amides is 1. The van der Waals surface area contributed by atoms with E-state index in [2.05, 4.69) is 18.3 Å². The van der Waals surface area contributed by atoms with E-state index in [4.69, 9.17) is 4.74 Å². The third-order valence-electron chi connectivity index (χ3n) is 4.69. The lowest BCUT2D eigenvalue weighted by molar-refractivity contribution is -0.133. The molecule has 1 heterocycles. The molecule has 1 N–H and O–H groups in total. The molecular weight excluding hydrogens is 240 g/mol. The van der Waals surface area contributed by atoms with Crippen LogP contribution in [0.15, 0.2) is 0 Å². The smallest absolute Gasteiger partial charge is 0.240 e. The van der Waals surface area contributed by atoms with Crippen molar-refractivity contribution in [2.24, 2.45) is 11.3 Å². The third-order valence-corrected chi connectivity index (χ3v) is 4.69. The number of nitrogens with one attached hydrogen (secondary N) is 1. The molecule has 1 saturated heterocycles. The summed E-state index contributed by atoms with van der Waals surface area (Å²) < 4.78 is 5.27. The summed E-state index contributed by atoms with van der Waals surface area (Å²) in [6.45, 7) is 3.25. The molecule has 4 heteroatoms. The highest BCUT2D eigenvalue weighted by Gasteiger charge is 2.41. The van der Waals surface area contributed by atoms with Crippen LogP contribution in [0.2, 0.25) is 0 Å². The first kappa shape index (κ1) is 14.3. The molecule has 2 atom stereocenters. The third kappa shape index (κ3) is 3.27. The van der Waals surface area contributed by atoms with E-state index in [1.165, 1.54) is 19.3 Å². The van der Waals surface area contributed by atoms with Crippen LogP contribution >= 0.6 is 0 Å². The summed E-state index contributed by atoms with van der Waals surface area (Å²) in [6.07, 6.45) is 6.83. The van der Waals surface area contributed by atoms with E-state index < -0.39 is 5.41 Å². The van der Waals surface area contributed by atoms with Crippen LogP contribution in [0.5, 0.6) is 0 Å². The van der Waals surface area contributed by atoms with Gasteiger partial charge in [-0.15, -0.1) is 0 Å². The monoisotopic (exact) mass is 264 g/mol. The average molecular weight is 264 g/mol. The molecule has 0 radical (unpaired) electrons. The lowest BCUT2D eigenvalue weighted by Crippen LogP contribution is -2.48. The molecule has 0 aromatic rings. The topological polar surface area (TPSA) is 62.1 Å². The Hall–Kier alpha value is -1.08. The van der Waals surface area contributed by atoms with Crippen molar-refractivity contribution >= 4 is 5.91 Å². The molecule has 0 spiro atoms. The molecule has 1 amide bonds. The fraction of sp³-hybridized carbons (Fsp3) is 0.867. The minimum absolute atomic E-state index is 0.0694. The Kier molecular flexibility index (Phi) is 4.81. The normalized spacial score (nSPS) is 30.3. The summed E-state index contributed by atoms with van der Waals surface area (Å²) in [5.74, 6) is 0.659. The average Bonchev–Trinajstić information content (AvgIpc) is 2.48. The molecule has 2 unspecified atom stereocenters. The van der Waals surface area contributed by atoms with Crippen LogP contribution in [0.25, 0.3) is 0 Å². The highest BCUT2D eigenvalue weighted by molar-refractivity contribution is 5.85. The van der Waals surface area contributed by atoms with Crippen LogP contribution in [0.1, 0.15) is 51.9 Å². The number of carbonyl (C=O) groups excluding carboxylic acids is 1. The summed E-state index contributed by atoms with van der Waals surface area (Å²) in [5, 5.41) is 12.5. The zero-order valence-electron chi connectivity index (χ0n) is 11.8. The second-order valence-corrected chi connectivity index (χ2v) is 5.92. The highest BCUT2D eigenvalue weighted by Crippen LogP contribution is 2.32. The van der Waals surface area contributed by atoms with Gasteiger partial charge in [0.15, 0.2) is 0 Å². The van der Waals surface area contributed by atoms with E-state index in [1.807, 2.05) is 0 Å². The Balaban J connectivity index is 1.94. The van der Waals surface area contributed by atoms with Crippen LogP contribution in [0, 0.1) is 22.7 Å². The number of nitrogens with zero attached hydrogens (tertiary/aromatic N) is 1. The van der Waals surface area contributed by atoms with Crippen LogP contribution < -0.4 is 5.32 Å². The molecule has 2 aliphatic rings. The summed E-state index contributed by atoms with van der Waals surface area (Å²) in [7, 11) is 0. The molecule has 106 valence electrons. The SMILES string of the molecule is CCC1CCCC(NC(=O)C2(C#N)CCOCC2)C1. The Morgan fingerprint density at radius 3 is 2.79 bits per heavy atom. The van der Waals surface area contributed by atoms with E-state index in [0.717, 1.165) is 18.8 Å². The Bertz CT molecular complexity index is 356. The minimum Gasteiger partial charge on any atom is -0.381 e. The summed E-state index contributed by atoms with van der Waals surface area (Å²) >= 11 is 0. The molecule has 0 aromatic carbocycles. The quantitative estimate of drug-likeness (QED) is 0.851. The first-order valence-electron chi connectivity index (χ1n) is 7.50. The first-order chi connectivity index (χ1) is 9.20. The van der Waals surface area contributed by atoms with Crippen LogP contribution in [0.3, 0.4) is 0 Å². The minimum atomic E-state index is -0.850. The van der Waals surface area contributed by atoms with Gasteiger partial charge < -0.3 is 10.1 Å². The fourth-order valence-corrected chi connectivity index (χ4v) is 3.23. The van der Waals surface area contributed by atoms with Crippen molar-refractivity contribution in [1.29, 1.82) is 5.26 Å². The van der Waals surface area contributed by atoms with E-state index in [1.54, 1.807) is 0 Å². The molecule has 4 nitrogen and oxygen atoms in total. The summed E-state index contributed by atoms with van der Waals surface area (Å²) in [4.78, 5) is 12.4. The zero-order chi connectivity index (χ0) is 13.7. The van der Waals surface area contributed by atoms with Gasteiger partial charge >= 0.3 is 0 Å². The lowest BCUT2D eigenvalue weighted by Gasteiger charge is -2.34. The number of rotatable bonds is 3. The first-order valence-corrected chi connectivity index (χ1v) is 7.50. The van der Waals surface area contributed by atoms with Crippen molar-refractivity contribution in [2.45, 2.75) is 57.9 Å². The van der Waals surface area contributed by atoms with Gasteiger partial charge in [-0.3, -0.25) is 4.79 Å². The lowest BCUT2D eigenvalue weighted by atomic mass is 9.79. The van der Waals surface area contributed by atoms with Gasteiger partial charge in [-0.1, -0.05) is 26.2 Å². The molecule has 0 bridgehead atoms. The highest BCUT2D eigenvalue weighted by atomic mass is 16.5. The standard InChI is InChI=1S/C15H24N2O2/c1-2-12-4-3-5-13(10-12)17-14(18)15(11-16)6-8-19-9-7-15/h12-13H,2-10H2,1H3,(H,17,18). The van der Waals surface area contributed by atoms with Gasteiger partial charge in [0.2, 0.25) is 5.91 Å². The summed E-state index contributed by atoms with van der Waals surface area (Å²) in [6, 6.07) is 2.50. The van der Waals surface area contributed by atoms with Gasteiger partial charge in [0, 0.05) is 19.3 Å². The van der Waals surface area contributed by atoms with Crippen molar-refractivity contribution in [2.75, 3.05) is 13.2 Å². The second kappa shape index (κ2) is 6.38. The zero-order valence-corrected chi connectivity index (χ0v) is 11.8. The number of hydrogen-bond donors (Lipinski definition) is 1. The van der Waals surface area contributed by atoms with Crippen LogP contribution in [0.4, 0.5) is 0 Å². The van der Waals surface area contributed by atoms with Crippen molar-refractivity contribution in [3.63, 3.8) is 0 Å². The molecule has 0 aromatic heterocycles. The van der Waals surface area contributed by atoms with Gasteiger partial charge in [-0.05, 0) is 31.6 Å². The van der Waals surface area contributed by atoms with E-state index in [-0.39, 0.29) is 11.9 Å². The predicted molar refractivity (Wildman–Crippen MR) is 72.3 cm³/mol. The van der Waals surface area contributed by atoms with Gasteiger partial charge in [0.25, 0.3) is 0 Å². The number of nitriles is 1. The number of hydrogen-bond acceptors (Lipinski definition) is 3. The molecular formula is C15H24N2O2. The van der Waals surface area contributed by atoms with Crippen LogP contribution in [-0.4, -0.2) is 25.2 Å². The van der Waals surface area contributed by atoms with Crippen LogP contribution in [-0.2, 0) is 9.53 Å². The maximum atomic E-state index is 12.4. The van der Waals surface area contributed by atoms with Gasteiger partial charge in [0.1, 0.15) is 5.41 Å². The molecule has 1 saturated carbocycles. The second-order valence-electron chi connectivity index (χ2n) is 5.92. The van der Waals surface area contributed by atoms with E-state index in [0.29, 0.717) is 26.1 Å². The molecule has 2 rings (SSSR count). The van der Waals surface area contributed by atoms with E-state index >= 15 is 0 Å². The van der Waals surface area contributed by atoms with Crippen molar-refractivity contribution in [1.82, 2.24) is 5.32 Å². The molecule has 2 fully saturated rings. The van der Waals surface area contributed by atoms with Crippen molar-refractivity contribution in [3.8, 4) is 6.07 Å². The van der Waals surface area contributed by atoms with Gasteiger partial charge in [-0.2, -0.15) is 5.26 Å². The van der Waals surface area contributed by atoms with E-state index in [9.17, 15) is 10.1 Å². The Morgan fingerprint density at radius 1 is 1.42 bits per heavy atom. The molecule has 1 aliphatic heterocycles. The summed E-state index contributed by atoms with van der Waals surface area (Å²) in [5.41, 5.74) is -0.850. The maximum Gasteiger partial charge on any atom is 0.240 e. The molecule has 1 aliphatic carbocycles. The van der Waals surface area contributed by atoms with Gasteiger partial charge in [0.05, 0.1) is 6.07 Å². The largest absolute Gasteiger partial charge is 0.381 e. The predicted octanol–water partition coefficient (Wildman–Crippen LogP) is 2.39. The van der Waals surface area contributed by atoms with Crippen molar-refractivity contribution < 1.29 is 9.53 Å². The maximum absolute atomic E-state index is 12.4. The number of carbonyl (C=O) groups is 1.